The smallest absolute Gasteiger partial charge is 0.0759 e. The van der Waals surface area contributed by atoms with Crippen LogP contribution in [0, 0.1) is 6.92 Å². The van der Waals surface area contributed by atoms with E-state index in [1.165, 1.54) is 5.56 Å². The predicted molar refractivity (Wildman–Crippen MR) is 85.7 cm³/mol. The van der Waals surface area contributed by atoms with E-state index in [4.69, 9.17) is 10.7 Å². The van der Waals surface area contributed by atoms with Crippen molar-refractivity contribution >= 4 is 16.6 Å². The molecule has 2 heteroatoms. The van der Waals surface area contributed by atoms with Crippen LogP contribution in [0.5, 0.6) is 0 Å². The van der Waals surface area contributed by atoms with Gasteiger partial charge in [-0.2, -0.15) is 0 Å². The minimum absolute atomic E-state index is 0.837. The molecule has 0 spiro atoms. The van der Waals surface area contributed by atoms with E-state index in [2.05, 4.69) is 37.3 Å². The fourth-order valence-electron chi connectivity index (χ4n) is 2.53. The standard InChI is InChI=1S/C18H18N2/c1-3-13-9-10-16-15(11-13)17(19)12(2)18(20-16)14-7-5-4-6-8-14/h4-11H,3H2,1-2H3,(H2,19,20). The Bertz CT molecular complexity index is 761. The minimum atomic E-state index is 0.837. The lowest BCUT2D eigenvalue weighted by atomic mass is 10.0. The van der Waals surface area contributed by atoms with Crippen LogP contribution in [-0.4, -0.2) is 4.98 Å². The molecule has 1 aromatic heterocycles. The lowest BCUT2D eigenvalue weighted by Gasteiger charge is -2.12. The maximum absolute atomic E-state index is 6.34. The van der Waals surface area contributed by atoms with Crippen molar-refractivity contribution in [1.82, 2.24) is 4.98 Å². The molecule has 20 heavy (non-hydrogen) atoms. The van der Waals surface area contributed by atoms with Crippen LogP contribution in [0.2, 0.25) is 0 Å². The molecule has 0 saturated carbocycles. The highest BCUT2D eigenvalue weighted by Crippen LogP contribution is 2.31. The predicted octanol–water partition coefficient (Wildman–Crippen LogP) is 4.35. The van der Waals surface area contributed by atoms with Gasteiger partial charge in [-0.25, -0.2) is 4.98 Å². The van der Waals surface area contributed by atoms with Crippen LogP contribution in [0.25, 0.3) is 22.2 Å². The number of benzene rings is 2. The monoisotopic (exact) mass is 262 g/mol. The number of rotatable bonds is 2. The SMILES string of the molecule is CCc1ccc2nc(-c3ccccc3)c(C)c(N)c2c1. The number of nitrogens with two attached hydrogens (primary N) is 1. The summed E-state index contributed by atoms with van der Waals surface area (Å²) >= 11 is 0. The zero-order valence-corrected chi connectivity index (χ0v) is 11.9. The summed E-state index contributed by atoms with van der Waals surface area (Å²) in [7, 11) is 0. The van der Waals surface area contributed by atoms with Crippen LogP contribution < -0.4 is 5.73 Å². The second-order valence-corrected chi connectivity index (χ2v) is 5.07. The van der Waals surface area contributed by atoms with E-state index in [0.29, 0.717) is 0 Å². The number of nitrogen functional groups attached to an aromatic ring is 1. The Kier molecular flexibility index (Phi) is 3.15. The fraction of sp³-hybridized carbons (Fsp3) is 0.167. The summed E-state index contributed by atoms with van der Waals surface area (Å²) in [4.78, 5) is 4.80. The van der Waals surface area contributed by atoms with Gasteiger partial charge < -0.3 is 5.73 Å². The topological polar surface area (TPSA) is 38.9 Å². The molecular weight excluding hydrogens is 244 g/mol. The number of aryl methyl sites for hydroxylation is 1. The zero-order chi connectivity index (χ0) is 14.1. The van der Waals surface area contributed by atoms with Gasteiger partial charge in [0, 0.05) is 16.6 Å². The molecule has 2 nitrogen and oxygen atoms in total. The van der Waals surface area contributed by atoms with E-state index < -0.39 is 0 Å². The van der Waals surface area contributed by atoms with E-state index in [0.717, 1.165) is 39.8 Å². The first-order valence-corrected chi connectivity index (χ1v) is 6.95. The van der Waals surface area contributed by atoms with Crippen LogP contribution in [0.15, 0.2) is 48.5 Å². The maximum Gasteiger partial charge on any atom is 0.0759 e. The molecule has 0 aliphatic heterocycles. The van der Waals surface area contributed by atoms with Gasteiger partial charge in [-0.3, -0.25) is 0 Å². The summed E-state index contributed by atoms with van der Waals surface area (Å²) in [5.41, 5.74) is 12.6. The molecule has 3 rings (SSSR count). The van der Waals surface area contributed by atoms with Gasteiger partial charge in [-0.15, -0.1) is 0 Å². The molecule has 0 unspecified atom stereocenters. The van der Waals surface area contributed by atoms with Gasteiger partial charge >= 0.3 is 0 Å². The number of pyridine rings is 1. The summed E-state index contributed by atoms with van der Waals surface area (Å²) < 4.78 is 0. The largest absolute Gasteiger partial charge is 0.398 e. The van der Waals surface area contributed by atoms with Crippen LogP contribution in [-0.2, 0) is 6.42 Å². The average molecular weight is 262 g/mol. The summed E-state index contributed by atoms with van der Waals surface area (Å²) in [6.07, 6.45) is 1.01. The van der Waals surface area contributed by atoms with Crippen molar-refractivity contribution in [3.63, 3.8) is 0 Å². The molecule has 0 aliphatic carbocycles. The van der Waals surface area contributed by atoms with E-state index in [1.807, 2.05) is 25.1 Å². The quantitative estimate of drug-likeness (QED) is 0.745. The van der Waals surface area contributed by atoms with Crippen LogP contribution in [0.3, 0.4) is 0 Å². The lowest BCUT2D eigenvalue weighted by Crippen LogP contribution is -1.98. The summed E-state index contributed by atoms with van der Waals surface area (Å²) in [5.74, 6) is 0. The lowest BCUT2D eigenvalue weighted by molar-refractivity contribution is 1.14. The Morgan fingerprint density at radius 3 is 2.50 bits per heavy atom. The van der Waals surface area contributed by atoms with Crippen molar-refractivity contribution in [3.05, 3.63) is 59.7 Å². The van der Waals surface area contributed by atoms with Gasteiger partial charge in [0.1, 0.15) is 0 Å². The molecule has 0 bridgehead atoms. The van der Waals surface area contributed by atoms with Crippen LogP contribution in [0.4, 0.5) is 5.69 Å². The van der Waals surface area contributed by atoms with Crippen molar-refractivity contribution in [1.29, 1.82) is 0 Å². The summed E-state index contributed by atoms with van der Waals surface area (Å²) in [5, 5.41) is 1.06. The highest BCUT2D eigenvalue weighted by Gasteiger charge is 2.11. The molecule has 0 aliphatic rings. The zero-order valence-electron chi connectivity index (χ0n) is 11.9. The second kappa shape index (κ2) is 4.97. The van der Waals surface area contributed by atoms with Gasteiger partial charge in [0.05, 0.1) is 11.2 Å². The number of hydrogen-bond acceptors (Lipinski definition) is 2. The fourth-order valence-corrected chi connectivity index (χ4v) is 2.53. The first-order valence-electron chi connectivity index (χ1n) is 6.95. The van der Waals surface area contributed by atoms with E-state index in [9.17, 15) is 0 Å². The molecule has 0 saturated heterocycles. The third-order valence-corrected chi connectivity index (χ3v) is 3.80. The number of hydrogen-bond donors (Lipinski definition) is 1. The third kappa shape index (κ3) is 2.03. The van der Waals surface area contributed by atoms with Crippen LogP contribution in [0.1, 0.15) is 18.1 Å². The minimum Gasteiger partial charge on any atom is -0.398 e. The molecule has 0 radical (unpaired) electrons. The van der Waals surface area contributed by atoms with Gasteiger partial charge in [-0.05, 0) is 36.6 Å². The van der Waals surface area contributed by atoms with Gasteiger partial charge in [0.2, 0.25) is 0 Å². The van der Waals surface area contributed by atoms with Gasteiger partial charge in [0.25, 0.3) is 0 Å². The molecule has 0 atom stereocenters. The molecule has 3 aromatic rings. The number of anilines is 1. The Balaban J connectivity index is 2.29. The number of aromatic nitrogens is 1. The summed E-state index contributed by atoms with van der Waals surface area (Å²) in [6.45, 7) is 4.19. The molecular formula is C18H18N2. The molecule has 0 amide bonds. The maximum atomic E-state index is 6.34. The molecule has 2 N–H and O–H groups in total. The van der Waals surface area contributed by atoms with Crippen molar-refractivity contribution < 1.29 is 0 Å². The highest BCUT2D eigenvalue weighted by atomic mass is 14.7. The third-order valence-electron chi connectivity index (χ3n) is 3.80. The molecule has 100 valence electrons. The van der Waals surface area contributed by atoms with Crippen molar-refractivity contribution in [2.24, 2.45) is 0 Å². The van der Waals surface area contributed by atoms with Crippen LogP contribution >= 0.6 is 0 Å². The molecule has 2 aromatic carbocycles. The Labute approximate surface area is 119 Å². The van der Waals surface area contributed by atoms with E-state index in [1.54, 1.807) is 0 Å². The Morgan fingerprint density at radius 2 is 1.80 bits per heavy atom. The first kappa shape index (κ1) is 12.7. The number of nitrogens with zero attached hydrogens (tertiary/aromatic N) is 1. The van der Waals surface area contributed by atoms with Gasteiger partial charge in [-0.1, -0.05) is 43.3 Å². The van der Waals surface area contributed by atoms with Crippen molar-refractivity contribution in [3.8, 4) is 11.3 Å². The Hall–Kier alpha value is -2.35. The van der Waals surface area contributed by atoms with E-state index >= 15 is 0 Å². The number of fused-ring (bicyclic) bond motifs is 1. The molecule has 1 heterocycles. The Morgan fingerprint density at radius 1 is 1.05 bits per heavy atom. The average Bonchev–Trinajstić information content (AvgIpc) is 2.51. The summed E-state index contributed by atoms with van der Waals surface area (Å²) in [6, 6.07) is 16.5. The normalized spacial score (nSPS) is 10.9. The molecule has 0 fully saturated rings. The highest BCUT2D eigenvalue weighted by molar-refractivity contribution is 5.95. The van der Waals surface area contributed by atoms with Crippen molar-refractivity contribution in [2.75, 3.05) is 5.73 Å². The van der Waals surface area contributed by atoms with Crippen molar-refractivity contribution in [2.45, 2.75) is 20.3 Å². The second-order valence-electron chi connectivity index (χ2n) is 5.07. The van der Waals surface area contributed by atoms with E-state index in [-0.39, 0.29) is 0 Å². The van der Waals surface area contributed by atoms with Gasteiger partial charge in [0.15, 0.2) is 0 Å². The first-order chi connectivity index (χ1) is 9.70.